The van der Waals surface area contributed by atoms with Crippen LogP contribution >= 0.6 is 34.9 Å². The highest BCUT2D eigenvalue weighted by Gasteiger charge is 2.22. The van der Waals surface area contributed by atoms with E-state index in [9.17, 15) is 9.59 Å². The van der Waals surface area contributed by atoms with Crippen molar-refractivity contribution in [1.29, 1.82) is 0 Å². The van der Waals surface area contributed by atoms with E-state index >= 15 is 0 Å². The van der Waals surface area contributed by atoms with Gasteiger partial charge in [0.2, 0.25) is 10.2 Å². The van der Waals surface area contributed by atoms with E-state index in [1.54, 1.807) is 11.3 Å². The van der Waals surface area contributed by atoms with E-state index < -0.39 is 0 Å². The highest BCUT2D eigenvalue weighted by atomic mass is 32.2. The maximum atomic E-state index is 12.3. The quantitative estimate of drug-likeness (QED) is 0.395. The molecule has 0 radical (unpaired) electrons. The van der Waals surface area contributed by atoms with Gasteiger partial charge in [0, 0.05) is 30.0 Å². The Morgan fingerprint density at radius 1 is 0.655 bits per heavy atom. The Morgan fingerprint density at radius 2 is 1.10 bits per heavy atom. The Kier molecular flexibility index (Phi) is 8.88. The minimum atomic E-state index is 0.207. The molecule has 29 heavy (non-hydrogen) atoms. The summed E-state index contributed by atoms with van der Waals surface area (Å²) in [7, 11) is 0. The molecule has 0 atom stereocenters. The monoisotopic (exact) mass is 446 g/mol. The molecule has 0 saturated carbocycles. The third kappa shape index (κ3) is 6.22. The Labute approximate surface area is 186 Å². The molecule has 5 heteroatoms. The lowest BCUT2D eigenvalue weighted by Crippen LogP contribution is -1.97. The predicted molar refractivity (Wildman–Crippen MR) is 129 cm³/mol. The first-order valence-corrected chi connectivity index (χ1v) is 13.3. The topological polar surface area (TPSA) is 34.1 Å². The first kappa shape index (κ1) is 22.6. The van der Waals surface area contributed by atoms with Crippen molar-refractivity contribution in [2.75, 3.05) is 0 Å². The Hall–Kier alpha value is -1.04. The van der Waals surface area contributed by atoms with Crippen LogP contribution in [-0.2, 0) is 9.59 Å². The van der Waals surface area contributed by atoms with E-state index in [0.29, 0.717) is 0 Å². The summed E-state index contributed by atoms with van der Waals surface area (Å²) in [4.78, 5) is 26.8. The summed E-state index contributed by atoms with van der Waals surface area (Å²) in [6.45, 7) is 4.41. The molecule has 0 aromatic carbocycles. The highest BCUT2D eigenvalue weighted by Crippen LogP contribution is 2.35. The maximum absolute atomic E-state index is 12.3. The molecule has 0 fully saturated rings. The molecule has 1 aromatic heterocycles. The fraction of sp³-hybridized carbons (Fsp3) is 0.500. The standard InChI is InChI=1S/C24H30O2S3/c1-3-5-7-9-11-17-15-21(28-23(17)25)19-13-14-20(27-19)22-16-18(24(26)29-22)12-10-8-6-4-2/h13-16H,3-12H2,1-2H3/b21-19-,22-20+. The molecule has 156 valence electrons. The van der Waals surface area contributed by atoms with Crippen LogP contribution in [0.3, 0.4) is 0 Å². The average molecular weight is 447 g/mol. The average Bonchev–Trinajstić information content (AvgIpc) is 3.42. The second-order valence-corrected chi connectivity index (χ2v) is 10.7. The third-order valence-electron chi connectivity index (χ3n) is 5.23. The number of rotatable bonds is 10. The third-order valence-corrected chi connectivity index (χ3v) is 8.65. The van der Waals surface area contributed by atoms with E-state index in [2.05, 4.69) is 38.1 Å². The summed E-state index contributed by atoms with van der Waals surface area (Å²) in [5, 5.41) is 0.414. The van der Waals surface area contributed by atoms with Gasteiger partial charge in [-0.3, -0.25) is 9.59 Å². The molecule has 0 spiro atoms. The summed E-state index contributed by atoms with van der Waals surface area (Å²) < 4.78 is 2.26. The van der Waals surface area contributed by atoms with Crippen LogP contribution in [0.2, 0.25) is 0 Å². The lowest BCUT2D eigenvalue weighted by Gasteiger charge is -1.98. The van der Waals surface area contributed by atoms with Crippen molar-refractivity contribution < 1.29 is 9.59 Å². The van der Waals surface area contributed by atoms with Crippen LogP contribution in [0, 0.1) is 0 Å². The lowest BCUT2D eigenvalue weighted by molar-refractivity contribution is -0.108. The molecule has 0 saturated heterocycles. The Balaban J connectivity index is 1.74. The van der Waals surface area contributed by atoms with Gasteiger partial charge in [-0.05, 0) is 73.5 Å². The van der Waals surface area contributed by atoms with E-state index in [1.807, 2.05) is 0 Å². The first-order chi connectivity index (χ1) is 14.1. The molecule has 2 nitrogen and oxygen atoms in total. The fourth-order valence-corrected chi connectivity index (χ4v) is 6.55. The number of hydrogen-bond acceptors (Lipinski definition) is 5. The number of carbonyl (C=O) groups is 2. The smallest absolute Gasteiger partial charge is 0.220 e. The molecule has 0 aliphatic carbocycles. The largest absolute Gasteiger partial charge is 0.282 e. The van der Waals surface area contributed by atoms with Crippen molar-refractivity contribution in [3.05, 3.63) is 44.5 Å². The van der Waals surface area contributed by atoms with Crippen LogP contribution in [0.1, 0.15) is 78.1 Å². The van der Waals surface area contributed by atoms with Crippen molar-refractivity contribution in [3.63, 3.8) is 0 Å². The molecule has 0 unspecified atom stereocenters. The molecule has 3 heterocycles. The van der Waals surface area contributed by atoms with Crippen molar-refractivity contribution in [2.45, 2.75) is 78.1 Å². The fourth-order valence-electron chi connectivity index (χ4n) is 3.50. The predicted octanol–water partition coefficient (Wildman–Crippen LogP) is 6.30. The first-order valence-electron chi connectivity index (χ1n) is 10.8. The molecule has 0 bridgehead atoms. The van der Waals surface area contributed by atoms with Crippen molar-refractivity contribution in [2.24, 2.45) is 0 Å². The minimum Gasteiger partial charge on any atom is -0.282 e. The number of thiophene rings is 1. The number of hydrogen-bond donors (Lipinski definition) is 0. The van der Waals surface area contributed by atoms with Gasteiger partial charge >= 0.3 is 0 Å². The lowest BCUT2D eigenvalue weighted by atomic mass is 10.1. The maximum Gasteiger partial charge on any atom is 0.220 e. The summed E-state index contributed by atoms with van der Waals surface area (Å²) in [5.41, 5.74) is 1.92. The van der Waals surface area contributed by atoms with Gasteiger partial charge < -0.3 is 0 Å². The summed E-state index contributed by atoms with van der Waals surface area (Å²) in [5.74, 6) is 0. The number of carbonyl (C=O) groups excluding carboxylic acids is 2. The van der Waals surface area contributed by atoms with Crippen LogP contribution < -0.4 is 9.06 Å². The number of thioether (sulfide) groups is 2. The van der Waals surface area contributed by atoms with Crippen LogP contribution in [0.25, 0.3) is 9.81 Å². The van der Waals surface area contributed by atoms with Gasteiger partial charge in [-0.25, -0.2) is 0 Å². The van der Waals surface area contributed by atoms with Gasteiger partial charge in [-0.15, -0.1) is 11.3 Å². The molecule has 0 amide bonds. The van der Waals surface area contributed by atoms with Gasteiger partial charge in [0.1, 0.15) is 0 Å². The zero-order chi connectivity index (χ0) is 20.6. The van der Waals surface area contributed by atoms with Gasteiger partial charge in [0.15, 0.2) is 0 Å². The van der Waals surface area contributed by atoms with Crippen LogP contribution in [0.5, 0.6) is 0 Å². The van der Waals surface area contributed by atoms with Crippen LogP contribution in [-0.4, -0.2) is 10.2 Å². The minimum absolute atomic E-state index is 0.207. The van der Waals surface area contributed by atoms with Crippen LogP contribution in [0.4, 0.5) is 0 Å². The molecular formula is C24H30O2S3. The summed E-state index contributed by atoms with van der Waals surface area (Å²) >= 11 is 4.41. The van der Waals surface area contributed by atoms with Gasteiger partial charge in [0.05, 0.1) is 0 Å². The Morgan fingerprint density at radius 3 is 1.52 bits per heavy atom. The molecule has 0 N–H and O–H groups in total. The zero-order valence-corrected chi connectivity index (χ0v) is 19.9. The van der Waals surface area contributed by atoms with Crippen molar-refractivity contribution in [3.8, 4) is 0 Å². The zero-order valence-electron chi connectivity index (χ0n) is 17.4. The summed E-state index contributed by atoms with van der Waals surface area (Å²) in [6.07, 6.45) is 15.4. The van der Waals surface area contributed by atoms with Crippen LogP contribution in [0.15, 0.2) is 35.4 Å². The second-order valence-electron chi connectivity index (χ2n) is 7.63. The number of unbranched alkanes of at least 4 members (excludes halogenated alkanes) is 6. The molecular weight excluding hydrogens is 416 g/mol. The Bertz CT molecular complexity index is 859. The summed E-state index contributed by atoms with van der Waals surface area (Å²) in [6, 6.07) is 4.19. The molecule has 3 rings (SSSR count). The van der Waals surface area contributed by atoms with E-state index in [0.717, 1.165) is 55.7 Å². The highest BCUT2D eigenvalue weighted by molar-refractivity contribution is 8.22. The van der Waals surface area contributed by atoms with E-state index in [4.69, 9.17) is 0 Å². The van der Waals surface area contributed by atoms with Gasteiger partial charge in [-0.1, -0.05) is 52.4 Å². The normalized spacial score (nSPS) is 20.5. The second kappa shape index (κ2) is 11.4. The van der Waals surface area contributed by atoms with Crippen molar-refractivity contribution in [1.82, 2.24) is 0 Å². The molecule has 2 aliphatic rings. The van der Waals surface area contributed by atoms with E-state index in [-0.39, 0.29) is 10.2 Å². The van der Waals surface area contributed by atoms with Gasteiger partial charge in [-0.2, -0.15) is 0 Å². The molecule has 2 aliphatic heterocycles. The van der Waals surface area contributed by atoms with E-state index in [1.165, 1.54) is 62.0 Å². The van der Waals surface area contributed by atoms with Crippen molar-refractivity contribution >= 4 is 54.9 Å². The van der Waals surface area contributed by atoms with Gasteiger partial charge in [0.25, 0.3) is 0 Å². The SMILES string of the molecule is CCCCCCC1=C/C(=c2\cc/c(=C3/C=C(CCCCCC)C(=O)S3)s2)SC1=O. The molecule has 1 aromatic rings.